The zero-order valence-corrected chi connectivity index (χ0v) is 18.7. The van der Waals surface area contributed by atoms with E-state index >= 15 is 0 Å². The summed E-state index contributed by atoms with van der Waals surface area (Å²) in [7, 11) is 1.61. The number of halogens is 2. The lowest BCUT2D eigenvalue weighted by Gasteiger charge is -2.08. The summed E-state index contributed by atoms with van der Waals surface area (Å²) in [5, 5.41) is 11.8. The van der Waals surface area contributed by atoms with Crippen LogP contribution in [0.4, 0.5) is 14.5 Å². The maximum atomic E-state index is 12.3. The van der Waals surface area contributed by atoms with Crippen molar-refractivity contribution in [3.63, 3.8) is 0 Å². The molecule has 0 saturated carbocycles. The van der Waals surface area contributed by atoms with Crippen LogP contribution in [0.25, 0.3) is 6.08 Å². The molecule has 1 aromatic carbocycles. The van der Waals surface area contributed by atoms with Crippen LogP contribution in [-0.4, -0.2) is 42.5 Å². The van der Waals surface area contributed by atoms with Crippen molar-refractivity contribution >= 4 is 35.4 Å². The minimum absolute atomic E-state index is 0.238. The van der Waals surface area contributed by atoms with Crippen molar-refractivity contribution in [1.29, 1.82) is 5.26 Å². The standard InChI is InChI=1S/C22H23F2N3O4S/c1-14-10-16(15(2)27(14)8-9-30-3)11-17(12-25)21(29)31-13-20(28)26-18-4-6-19(7-5-18)32-22(23)24/h4-7,10-11,22H,8-9,13H2,1-3H3,(H,26,28)/b17-11+. The fourth-order valence-electron chi connectivity index (χ4n) is 2.92. The largest absolute Gasteiger partial charge is 0.451 e. The van der Waals surface area contributed by atoms with Gasteiger partial charge in [0.05, 0.1) is 6.61 Å². The Hall–Kier alpha value is -3.16. The molecule has 0 radical (unpaired) electrons. The minimum atomic E-state index is -2.53. The molecular weight excluding hydrogens is 440 g/mol. The second kappa shape index (κ2) is 12.0. The van der Waals surface area contributed by atoms with Crippen LogP contribution in [0.3, 0.4) is 0 Å². The summed E-state index contributed by atoms with van der Waals surface area (Å²) in [6.45, 7) is 4.34. The van der Waals surface area contributed by atoms with Crippen LogP contribution >= 0.6 is 11.8 Å². The molecule has 0 atom stereocenters. The van der Waals surface area contributed by atoms with Crippen LogP contribution in [0.1, 0.15) is 17.0 Å². The number of benzene rings is 1. The molecule has 10 heteroatoms. The maximum Gasteiger partial charge on any atom is 0.349 e. The van der Waals surface area contributed by atoms with Gasteiger partial charge in [-0.1, -0.05) is 11.8 Å². The van der Waals surface area contributed by atoms with Gasteiger partial charge in [-0.25, -0.2) is 4.79 Å². The molecule has 32 heavy (non-hydrogen) atoms. The third kappa shape index (κ3) is 7.21. The molecule has 0 aliphatic rings. The van der Waals surface area contributed by atoms with Gasteiger partial charge in [0.15, 0.2) is 6.61 Å². The average molecular weight is 464 g/mol. The quantitative estimate of drug-likeness (QED) is 0.246. The van der Waals surface area contributed by atoms with Gasteiger partial charge in [-0.3, -0.25) is 4.79 Å². The van der Waals surface area contributed by atoms with E-state index in [1.165, 1.54) is 30.3 Å². The Labute approximate surface area is 189 Å². The predicted octanol–water partition coefficient (Wildman–Crippen LogP) is 4.15. The Balaban J connectivity index is 1.97. The van der Waals surface area contributed by atoms with Crippen molar-refractivity contribution in [2.75, 3.05) is 25.6 Å². The maximum absolute atomic E-state index is 12.3. The van der Waals surface area contributed by atoms with Gasteiger partial charge in [-0.05, 0) is 55.8 Å². The highest BCUT2D eigenvalue weighted by Crippen LogP contribution is 2.26. The number of ether oxygens (including phenoxy) is 2. The SMILES string of the molecule is COCCn1c(C)cc(/C=C(\C#N)C(=O)OCC(=O)Nc2ccc(SC(F)F)cc2)c1C. The first-order valence-electron chi connectivity index (χ1n) is 9.54. The van der Waals surface area contributed by atoms with E-state index in [1.807, 2.05) is 24.5 Å². The smallest absolute Gasteiger partial charge is 0.349 e. The van der Waals surface area contributed by atoms with Crippen LogP contribution in [0.15, 0.2) is 40.8 Å². The summed E-state index contributed by atoms with van der Waals surface area (Å²) in [6, 6.07) is 9.46. The number of aromatic nitrogens is 1. The topological polar surface area (TPSA) is 93.3 Å². The number of nitriles is 1. The van der Waals surface area contributed by atoms with E-state index in [-0.39, 0.29) is 5.57 Å². The Kier molecular flexibility index (Phi) is 9.43. The Morgan fingerprint density at radius 1 is 1.28 bits per heavy atom. The average Bonchev–Trinajstić information content (AvgIpc) is 3.02. The summed E-state index contributed by atoms with van der Waals surface area (Å²) >= 11 is 0.394. The second-order valence-corrected chi connectivity index (χ2v) is 7.73. The van der Waals surface area contributed by atoms with Crippen molar-refractivity contribution in [1.82, 2.24) is 4.57 Å². The van der Waals surface area contributed by atoms with Crippen molar-refractivity contribution in [3.8, 4) is 6.07 Å². The number of aryl methyl sites for hydroxylation is 1. The first-order valence-corrected chi connectivity index (χ1v) is 10.4. The number of thioether (sulfide) groups is 1. The number of anilines is 1. The number of carbonyl (C=O) groups is 2. The summed E-state index contributed by atoms with van der Waals surface area (Å²) in [4.78, 5) is 24.6. The zero-order valence-electron chi connectivity index (χ0n) is 17.9. The number of nitrogens with one attached hydrogen (secondary N) is 1. The van der Waals surface area contributed by atoms with Crippen molar-refractivity contribution in [2.45, 2.75) is 31.0 Å². The molecule has 2 rings (SSSR count). The first-order chi connectivity index (χ1) is 15.2. The van der Waals surface area contributed by atoms with Gasteiger partial charge in [-0.2, -0.15) is 14.0 Å². The van der Waals surface area contributed by atoms with Gasteiger partial charge in [0, 0.05) is 35.6 Å². The predicted molar refractivity (Wildman–Crippen MR) is 117 cm³/mol. The number of nitrogens with zero attached hydrogens (tertiary/aromatic N) is 2. The number of hydrogen-bond donors (Lipinski definition) is 1. The van der Waals surface area contributed by atoms with E-state index < -0.39 is 24.2 Å². The second-order valence-electron chi connectivity index (χ2n) is 6.67. The van der Waals surface area contributed by atoms with E-state index in [9.17, 15) is 23.6 Å². The lowest BCUT2D eigenvalue weighted by molar-refractivity contribution is -0.142. The van der Waals surface area contributed by atoms with E-state index in [1.54, 1.807) is 13.2 Å². The van der Waals surface area contributed by atoms with Crippen molar-refractivity contribution < 1.29 is 27.8 Å². The molecule has 0 spiro atoms. The lowest BCUT2D eigenvalue weighted by Crippen LogP contribution is -2.21. The third-order valence-electron chi connectivity index (χ3n) is 4.47. The van der Waals surface area contributed by atoms with Gasteiger partial charge in [-0.15, -0.1) is 0 Å². The van der Waals surface area contributed by atoms with Gasteiger partial charge in [0.25, 0.3) is 11.7 Å². The fraction of sp³-hybridized carbons (Fsp3) is 0.318. The molecule has 1 aromatic heterocycles. The minimum Gasteiger partial charge on any atom is -0.451 e. The molecular formula is C22H23F2N3O4S. The summed E-state index contributed by atoms with van der Waals surface area (Å²) in [5.74, 6) is -4.08. The molecule has 0 unspecified atom stereocenters. The zero-order chi connectivity index (χ0) is 23.7. The van der Waals surface area contributed by atoms with E-state index in [0.29, 0.717) is 41.1 Å². The first kappa shape index (κ1) is 25.1. The summed E-state index contributed by atoms with van der Waals surface area (Å²) < 4.78 is 36.7. The molecule has 2 aromatic rings. The van der Waals surface area contributed by atoms with Crippen LogP contribution in [0.5, 0.6) is 0 Å². The fourth-order valence-corrected chi connectivity index (χ4v) is 3.42. The van der Waals surface area contributed by atoms with Crippen molar-refractivity contribution in [3.05, 3.63) is 52.9 Å². The molecule has 7 nitrogen and oxygen atoms in total. The lowest BCUT2D eigenvalue weighted by atomic mass is 10.1. The van der Waals surface area contributed by atoms with Crippen LogP contribution in [0.2, 0.25) is 0 Å². The van der Waals surface area contributed by atoms with Gasteiger partial charge < -0.3 is 19.4 Å². The van der Waals surface area contributed by atoms with E-state index in [4.69, 9.17) is 9.47 Å². The Bertz CT molecular complexity index is 1030. The van der Waals surface area contributed by atoms with Crippen LogP contribution < -0.4 is 5.32 Å². The highest BCUT2D eigenvalue weighted by atomic mass is 32.2. The molecule has 0 aliphatic heterocycles. The van der Waals surface area contributed by atoms with Gasteiger partial charge in [0.2, 0.25) is 0 Å². The molecule has 0 bridgehead atoms. The molecule has 1 N–H and O–H groups in total. The Morgan fingerprint density at radius 2 is 1.97 bits per heavy atom. The van der Waals surface area contributed by atoms with Gasteiger partial charge >= 0.3 is 5.97 Å². The number of alkyl halides is 2. The van der Waals surface area contributed by atoms with Crippen molar-refractivity contribution in [2.24, 2.45) is 0 Å². The van der Waals surface area contributed by atoms with E-state index in [0.717, 1.165) is 11.4 Å². The number of rotatable bonds is 10. The monoisotopic (exact) mass is 463 g/mol. The van der Waals surface area contributed by atoms with Crippen LogP contribution in [-0.2, 0) is 25.6 Å². The van der Waals surface area contributed by atoms with Crippen LogP contribution in [0, 0.1) is 25.2 Å². The number of amides is 1. The summed E-state index contributed by atoms with van der Waals surface area (Å²) in [5.41, 5.74) is 2.64. The number of methoxy groups -OCH3 is 1. The summed E-state index contributed by atoms with van der Waals surface area (Å²) in [6.07, 6.45) is 1.42. The third-order valence-corrected chi connectivity index (χ3v) is 5.19. The molecule has 1 heterocycles. The highest BCUT2D eigenvalue weighted by Gasteiger charge is 2.16. The highest BCUT2D eigenvalue weighted by molar-refractivity contribution is 7.99. The Morgan fingerprint density at radius 3 is 2.56 bits per heavy atom. The number of carbonyl (C=O) groups excluding carboxylic acids is 2. The number of esters is 1. The normalized spacial score (nSPS) is 11.3. The van der Waals surface area contributed by atoms with Gasteiger partial charge in [0.1, 0.15) is 11.6 Å². The molecule has 0 saturated heterocycles. The molecule has 170 valence electrons. The number of hydrogen-bond acceptors (Lipinski definition) is 6. The molecule has 0 aliphatic carbocycles. The molecule has 0 fully saturated rings. The van der Waals surface area contributed by atoms with E-state index in [2.05, 4.69) is 5.32 Å². The molecule has 1 amide bonds.